The van der Waals surface area contributed by atoms with Crippen molar-refractivity contribution in [2.24, 2.45) is 4.99 Å². The molecular weight excluding hydrogens is 602 g/mol. The number of guanidine groups is 1. The maximum Gasteiger partial charge on any atom is 0.414 e. The van der Waals surface area contributed by atoms with E-state index in [0.717, 1.165) is 32.0 Å². The topological polar surface area (TPSA) is 115 Å². The number of rotatable bonds is 7. The average Bonchev–Trinajstić information content (AvgIpc) is 3.39. The van der Waals surface area contributed by atoms with Crippen LogP contribution in [0.3, 0.4) is 0 Å². The number of hydrogen-bond acceptors (Lipinski definition) is 8. The molecule has 0 radical (unpaired) electrons. The van der Waals surface area contributed by atoms with Gasteiger partial charge in [0.1, 0.15) is 17.9 Å². The van der Waals surface area contributed by atoms with Crippen molar-refractivity contribution in [3.8, 4) is 10.6 Å². The number of sulfonamides is 1. The number of aliphatic imine (C=N–C) groups is 1. The van der Waals surface area contributed by atoms with Gasteiger partial charge in [-0.05, 0) is 58.0 Å². The lowest BCUT2D eigenvalue weighted by atomic mass is 10.0. The maximum absolute atomic E-state index is 13.2. The third kappa shape index (κ3) is 7.31. The number of carbonyl (C=O) groups is 1. The molecule has 14 heteroatoms. The number of thiophene rings is 1. The Kier molecular flexibility index (Phi) is 8.70. The molecule has 1 amide bonds. The van der Waals surface area contributed by atoms with Gasteiger partial charge in [0.2, 0.25) is 16.0 Å². The zero-order valence-electron chi connectivity index (χ0n) is 24.7. The van der Waals surface area contributed by atoms with Gasteiger partial charge in [-0.25, -0.2) is 22.5 Å². The first-order valence-electron chi connectivity index (χ1n) is 13.3. The Morgan fingerprint density at radius 2 is 1.98 bits per heavy atom. The summed E-state index contributed by atoms with van der Waals surface area (Å²) in [6, 6.07) is 8.73. The second-order valence-electron chi connectivity index (χ2n) is 12.6. The van der Waals surface area contributed by atoms with Crippen molar-refractivity contribution >= 4 is 64.1 Å². The SMILES string of the molecule is CN1C(NC(=O)OC(C)(C)C)=N[C@](C)(c2sc(-c3cc4ncccc4n3COCC[Si](C)(C)C)cc2Cl)CS1(=O)=O. The molecule has 0 bridgehead atoms. The molecule has 0 saturated heterocycles. The average molecular weight is 640 g/mol. The van der Waals surface area contributed by atoms with Crippen LogP contribution >= 0.6 is 22.9 Å². The summed E-state index contributed by atoms with van der Waals surface area (Å²) in [4.78, 5) is 23.1. The Bertz CT molecular complexity index is 1590. The first-order chi connectivity index (χ1) is 18.9. The Labute approximate surface area is 251 Å². The van der Waals surface area contributed by atoms with Crippen molar-refractivity contribution in [2.45, 2.75) is 71.3 Å². The van der Waals surface area contributed by atoms with Crippen LogP contribution < -0.4 is 5.32 Å². The second-order valence-corrected chi connectivity index (χ2v) is 21.6. The molecule has 0 unspecified atom stereocenters. The molecule has 10 nitrogen and oxygen atoms in total. The maximum atomic E-state index is 13.2. The van der Waals surface area contributed by atoms with Crippen LogP contribution in [0.4, 0.5) is 4.79 Å². The van der Waals surface area contributed by atoms with Gasteiger partial charge in [-0.3, -0.25) is 10.3 Å². The smallest absolute Gasteiger partial charge is 0.414 e. The molecule has 3 aromatic rings. The van der Waals surface area contributed by atoms with Crippen LogP contribution in [-0.4, -0.2) is 67.4 Å². The van der Waals surface area contributed by atoms with E-state index >= 15 is 0 Å². The summed E-state index contributed by atoms with van der Waals surface area (Å²) < 4.78 is 40.9. The van der Waals surface area contributed by atoms with Gasteiger partial charge in [0, 0.05) is 27.9 Å². The summed E-state index contributed by atoms with van der Waals surface area (Å²) in [6.07, 6.45) is 0.944. The van der Waals surface area contributed by atoms with Crippen molar-refractivity contribution in [2.75, 3.05) is 19.4 Å². The van der Waals surface area contributed by atoms with E-state index in [4.69, 9.17) is 21.1 Å². The van der Waals surface area contributed by atoms with Gasteiger partial charge in [-0.2, -0.15) is 0 Å². The molecular formula is C27H38ClN5O5S2Si. The standard InChI is InChI=1S/C27H38ClN5O5S2Si/c1-26(2,3)38-25(34)30-24-31-27(4,16-40(35,36)32(24)5)23-18(28)14-22(39-23)21-15-19-20(10-9-11-29-19)33(21)17-37-12-13-41(6,7)8/h9-11,14-15H,12-13,16-17H2,1-8H3,(H,30,31,34)/t27-/m0/s1. The molecule has 0 aliphatic carbocycles. The number of amides is 1. The molecule has 3 aromatic heterocycles. The number of nitrogens with one attached hydrogen (secondary N) is 1. The van der Waals surface area contributed by atoms with Crippen LogP contribution in [-0.2, 0) is 31.8 Å². The summed E-state index contributed by atoms with van der Waals surface area (Å²) in [6.45, 7) is 14.8. The van der Waals surface area contributed by atoms with E-state index in [0.29, 0.717) is 23.2 Å². The molecule has 1 atom stereocenters. The van der Waals surface area contributed by atoms with Crippen LogP contribution in [0.2, 0.25) is 30.7 Å². The highest BCUT2D eigenvalue weighted by atomic mass is 35.5. The summed E-state index contributed by atoms with van der Waals surface area (Å²) in [5.41, 5.74) is 0.588. The zero-order valence-corrected chi connectivity index (χ0v) is 28.1. The van der Waals surface area contributed by atoms with E-state index in [1.807, 2.05) is 24.3 Å². The number of fused-ring (bicyclic) bond motifs is 1. The molecule has 0 saturated carbocycles. The minimum absolute atomic E-state index is 0.131. The van der Waals surface area contributed by atoms with E-state index in [9.17, 15) is 13.2 Å². The van der Waals surface area contributed by atoms with Crippen LogP contribution in [0.25, 0.3) is 21.6 Å². The zero-order chi connectivity index (χ0) is 30.4. The molecule has 4 rings (SSSR count). The van der Waals surface area contributed by atoms with Crippen LogP contribution in [0, 0.1) is 0 Å². The molecule has 1 N–H and O–H groups in total. The van der Waals surface area contributed by atoms with Gasteiger partial charge < -0.3 is 14.0 Å². The van der Waals surface area contributed by atoms with Crippen molar-refractivity contribution < 1.29 is 22.7 Å². The third-order valence-electron chi connectivity index (χ3n) is 6.46. The largest absolute Gasteiger partial charge is 0.444 e. The Morgan fingerprint density at radius 3 is 2.63 bits per heavy atom. The molecule has 0 fully saturated rings. The predicted octanol–water partition coefficient (Wildman–Crippen LogP) is 6.10. The number of pyridine rings is 1. The van der Waals surface area contributed by atoms with Gasteiger partial charge in [0.05, 0.1) is 37.3 Å². The van der Waals surface area contributed by atoms with Gasteiger partial charge in [-0.15, -0.1) is 11.3 Å². The van der Waals surface area contributed by atoms with E-state index in [-0.39, 0.29) is 11.7 Å². The first kappa shape index (κ1) is 31.5. The number of carbonyl (C=O) groups excluding carboxylic acids is 1. The molecule has 1 aliphatic rings. The number of nitrogens with zero attached hydrogens (tertiary/aromatic N) is 4. The van der Waals surface area contributed by atoms with Gasteiger partial charge in [0.15, 0.2) is 0 Å². The fourth-order valence-corrected chi connectivity index (χ4v) is 8.33. The van der Waals surface area contributed by atoms with Gasteiger partial charge in [0.25, 0.3) is 0 Å². The van der Waals surface area contributed by atoms with Crippen LogP contribution in [0.15, 0.2) is 35.5 Å². The molecule has 0 aromatic carbocycles. The van der Waals surface area contributed by atoms with Crippen molar-refractivity contribution in [3.63, 3.8) is 0 Å². The number of aromatic nitrogens is 2. The van der Waals surface area contributed by atoms with E-state index in [1.165, 1.54) is 18.4 Å². The fourth-order valence-electron chi connectivity index (χ4n) is 4.36. The number of ether oxygens (including phenoxy) is 2. The quantitative estimate of drug-likeness (QED) is 0.247. The molecule has 0 spiro atoms. The molecule has 224 valence electrons. The number of hydrogen-bond donors (Lipinski definition) is 1. The minimum Gasteiger partial charge on any atom is -0.444 e. The minimum atomic E-state index is -3.84. The van der Waals surface area contributed by atoms with E-state index in [1.54, 1.807) is 33.9 Å². The fraction of sp³-hybridized carbons (Fsp3) is 0.519. The van der Waals surface area contributed by atoms with Crippen molar-refractivity contribution in [1.82, 2.24) is 19.2 Å². The predicted molar refractivity (Wildman–Crippen MR) is 168 cm³/mol. The summed E-state index contributed by atoms with van der Waals surface area (Å²) in [5.74, 6) is -0.451. The Hall–Kier alpha value is -2.45. The summed E-state index contributed by atoms with van der Waals surface area (Å²) in [7, 11) is -3.74. The summed E-state index contributed by atoms with van der Waals surface area (Å²) in [5, 5.41) is 2.89. The van der Waals surface area contributed by atoms with Crippen molar-refractivity contribution in [3.05, 3.63) is 40.4 Å². The van der Waals surface area contributed by atoms with E-state index in [2.05, 4.69) is 39.5 Å². The number of halogens is 1. The third-order valence-corrected chi connectivity index (χ3v) is 11.9. The first-order valence-corrected chi connectivity index (χ1v) is 19.8. The highest BCUT2D eigenvalue weighted by Crippen LogP contribution is 2.45. The number of alkyl carbamates (subject to hydrolysis) is 1. The van der Waals surface area contributed by atoms with Crippen LogP contribution in [0.5, 0.6) is 0 Å². The lowest BCUT2D eigenvalue weighted by Crippen LogP contribution is -2.53. The summed E-state index contributed by atoms with van der Waals surface area (Å²) >= 11 is 8.15. The van der Waals surface area contributed by atoms with Crippen LogP contribution in [0.1, 0.15) is 32.6 Å². The van der Waals surface area contributed by atoms with E-state index < -0.39 is 35.3 Å². The normalized spacial score (nSPS) is 19.3. The molecule has 1 aliphatic heterocycles. The molecule has 4 heterocycles. The van der Waals surface area contributed by atoms with Gasteiger partial charge in [-0.1, -0.05) is 31.2 Å². The Morgan fingerprint density at radius 1 is 1.27 bits per heavy atom. The lowest BCUT2D eigenvalue weighted by Gasteiger charge is -2.35. The van der Waals surface area contributed by atoms with Gasteiger partial charge >= 0.3 is 6.09 Å². The van der Waals surface area contributed by atoms with Crippen molar-refractivity contribution in [1.29, 1.82) is 0 Å². The second kappa shape index (κ2) is 11.3. The Balaban J connectivity index is 1.72. The highest BCUT2D eigenvalue weighted by molar-refractivity contribution is 7.89. The monoisotopic (exact) mass is 639 g/mol. The highest BCUT2D eigenvalue weighted by Gasteiger charge is 2.44. The lowest BCUT2D eigenvalue weighted by molar-refractivity contribution is 0.0559. The molecule has 41 heavy (non-hydrogen) atoms.